The van der Waals surface area contributed by atoms with Crippen molar-refractivity contribution in [3.8, 4) is 0 Å². The van der Waals surface area contributed by atoms with Gasteiger partial charge in [0.15, 0.2) is 0 Å². The molecule has 0 aliphatic rings. The average Bonchev–Trinajstić information content (AvgIpc) is 2.64. The summed E-state index contributed by atoms with van der Waals surface area (Å²) in [6.45, 7) is 0. The lowest BCUT2D eigenvalue weighted by atomic mass is 10.1. The van der Waals surface area contributed by atoms with E-state index in [0.717, 1.165) is 16.5 Å². The van der Waals surface area contributed by atoms with Crippen LogP contribution in [0.1, 0.15) is 5.56 Å². The van der Waals surface area contributed by atoms with Gasteiger partial charge >= 0.3 is 5.97 Å². The number of nitrogens with two attached hydrogens (primary N) is 1. The van der Waals surface area contributed by atoms with Crippen molar-refractivity contribution in [2.24, 2.45) is 5.73 Å². The van der Waals surface area contributed by atoms with E-state index in [9.17, 15) is 4.79 Å². The van der Waals surface area contributed by atoms with Crippen LogP contribution in [-0.2, 0) is 11.2 Å². The third kappa shape index (κ3) is 1.99. The van der Waals surface area contributed by atoms with Crippen LogP contribution in [0, 0.1) is 0 Å². The van der Waals surface area contributed by atoms with Crippen molar-refractivity contribution < 1.29 is 14.3 Å². The molecule has 15 heavy (non-hydrogen) atoms. The highest BCUT2D eigenvalue weighted by Crippen LogP contribution is 2.17. The Balaban J connectivity index is 2.24. The van der Waals surface area contributed by atoms with Gasteiger partial charge in [0, 0.05) is 5.39 Å². The molecule has 0 radical (unpaired) electrons. The van der Waals surface area contributed by atoms with Crippen LogP contribution in [0.25, 0.3) is 11.0 Å². The predicted molar refractivity (Wildman–Crippen MR) is 55.5 cm³/mol. The number of benzene rings is 1. The molecule has 0 amide bonds. The Morgan fingerprint density at radius 3 is 3.00 bits per heavy atom. The number of carboxylic acid groups (broad SMARTS) is 1. The number of carboxylic acids is 1. The smallest absolute Gasteiger partial charge is 0.320 e. The van der Waals surface area contributed by atoms with E-state index in [0.29, 0.717) is 6.42 Å². The number of hydrogen-bond donors (Lipinski definition) is 2. The van der Waals surface area contributed by atoms with E-state index < -0.39 is 12.0 Å². The van der Waals surface area contributed by atoms with Crippen molar-refractivity contribution in [3.63, 3.8) is 0 Å². The summed E-state index contributed by atoms with van der Waals surface area (Å²) in [6.07, 6.45) is 1.91. The van der Waals surface area contributed by atoms with Crippen molar-refractivity contribution in [3.05, 3.63) is 36.1 Å². The Morgan fingerprint density at radius 2 is 2.27 bits per heavy atom. The Kier molecular flexibility index (Phi) is 2.43. The minimum absolute atomic E-state index is 0.311. The van der Waals surface area contributed by atoms with Gasteiger partial charge in [-0.2, -0.15) is 0 Å². The standard InChI is InChI=1S/C11H11NO3/c12-9(11(13)14)5-7-1-2-8-3-4-15-10(8)6-7/h1-4,6,9H,5,12H2,(H,13,14). The molecule has 1 aromatic carbocycles. The maximum atomic E-state index is 10.6. The van der Waals surface area contributed by atoms with Crippen LogP contribution in [0.2, 0.25) is 0 Å². The van der Waals surface area contributed by atoms with Gasteiger partial charge in [-0.15, -0.1) is 0 Å². The molecule has 0 saturated carbocycles. The van der Waals surface area contributed by atoms with E-state index in [2.05, 4.69) is 0 Å². The van der Waals surface area contributed by atoms with Gasteiger partial charge in [-0.1, -0.05) is 12.1 Å². The van der Waals surface area contributed by atoms with E-state index in [1.54, 1.807) is 6.26 Å². The molecule has 78 valence electrons. The third-order valence-electron chi connectivity index (χ3n) is 2.29. The number of furan rings is 1. The summed E-state index contributed by atoms with van der Waals surface area (Å²) >= 11 is 0. The summed E-state index contributed by atoms with van der Waals surface area (Å²) in [5.74, 6) is -0.991. The molecule has 2 rings (SSSR count). The van der Waals surface area contributed by atoms with Gasteiger partial charge in [0.1, 0.15) is 11.6 Å². The van der Waals surface area contributed by atoms with Crippen LogP contribution in [0.4, 0.5) is 0 Å². The lowest BCUT2D eigenvalue weighted by molar-refractivity contribution is -0.138. The molecular weight excluding hydrogens is 194 g/mol. The molecule has 0 fully saturated rings. The van der Waals surface area contributed by atoms with Gasteiger partial charge < -0.3 is 15.3 Å². The minimum atomic E-state index is -0.991. The second-order valence-electron chi connectivity index (χ2n) is 3.44. The highest BCUT2D eigenvalue weighted by atomic mass is 16.4. The first kappa shape index (κ1) is 9.73. The average molecular weight is 205 g/mol. The lowest BCUT2D eigenvalue weighted by Gasteiger charge is -2.05. The van der Waals surface area contributed by atoms with Crippen molar-refractivity contribution in [2.45, 2.75) is 12.5 Å². The Hall–Kier alpha value is -1.81. The van der Waals surface area contributed by atoms with Crippen molar-refractivity contribution in [1.29, 1.82) is 0 Å². The largest absolute Gasteiger partial charge is 0.480 e. The summed E-state index contributed by atoms with van der Waals surface area (Å²) in [6, 6.07) is 6.56. The number of hydrogen-bond acceptors (Lipinski definition) is 3. The maximum Gasteiger partial charge on any atom is 0.320 e. The summed E-state index contributed by atoms with van der Waals surface area (Å²) in [5, 5.41) is 9.67. The van der Waals surface area contributed by atoms with Gasteiger partial charge in [-0.25, -0.2) is 0 Å². The summed E-state index contributed by atoms with van der Waals surface area (Å²) in [4.78, 5) is 10.6. The monoisotopic (exact) mass is 205 g/mol. The number of fused-ring (bicyclic) bond motifs is 1. The SMILES string of the molecule is NC(Cc1ccc2ccoc2c1)C(=O)O. The van der Waals surface area contributed by atoms with E-state index in [-0.39, 0.29) is 0 Å². The van der Waals surface area contributed by atoms with Gasteiger partial charge in [0.05, 0.1) is 6.26 Å². The van der Waals surface area contributed by atoms with Crippen molar-refractivity contribution >= 4 is 16.9 Å². The Morgan fingerprint density at radius 1 is 1.47 bits per heavy atom. The summed E-state index contributed by atoms with van der Waals surface area (Å²) in [5.41, 5.74) is 7.06. The van der Waals surface area contributed by atoms with Gasteiger partial charge in [0.25, 0.3) is 0 Å². The van der Waals surface area contributed by atoms with Gasteiger partial charge in [0.2, 0.25) is 0 Å². The lowest BCUT2D eigenvalue weighted by Crippen LogP contribution is -2.32. The van der Waals surface area contributed by atoms with Gasteiger partial charge in [-0.05, 0) is 24.1 Å². The first-order valence-corrected chi connectivity index (χ1v) is 4.61. The maximum absolute atomic E-state index is 10.6. The van der Waals surface area contributed by atoms with Crippen LogP contribution in [0.5, 0.6) is 0 Å². The number of carbonyl (C=O) groups is 1. The normalized spacial score (nSPS) is 12.9. The third-order valence-corrected chi connectivity index (χ3v) is 2.29. The highest BCUT2D eigenvalue weighted by molar-refractivity contribution is 5.78. The molecule has 1 unspecified atom stereocenters. The molecule has 4 nitrogen and oxygen atoms in total. The predicted octanol–water partition coefficient (Wildman–Crippen LogP) is 1.39. The molecule has 3 N–H and O–H groups in total. The topological polar surface area (TPSA) is 76.5 Å². The van der Waals surface area contributed by atoms with E-state index >= 15 is 0 Å². The molecule has 0 saturated heterocycles. The highest BCUT2D eigenvalue weighted by Gasteiger charge is 2.12. The second-order valence-corrected chi connectivity index (χ2v) is 3.44. The van der Waals surface area contributed by atoms with Gasteiger partial charge in [-0.3, -0.25) is 4.79 Å². The van der Waals surface area contributed by atoms with E-state index in [1.165, 1.54) is 0 Å². The summed E-state index contributed by atoms with van der Waals surface area (Å²) < 4.78 is 5.21. The molecule has 1 heterocycles. The first-order chi connectivity index (χ1) is 7.16. The van der Waals surface area contributed by atoms with Crippen LogP contribution in [-0.4, -0.2) is 17.1 Å². The zero-order chi connectivity index (χ0) is 10.8. The van der Waals surface area contributed by atoms with Crippen LogP contribution >= 0.6 is 0 Å². The number of rotatable bonds is 3. The fraction of sp³-hybridized carbons (Fsp3) is 0.182. The molecule has 1 aromatic heterocycles. The second kappa shape index (κ2) is 3.74. The van der Waals surface area contributed by atoms with Crippen molar-refractivity contribution in [2.75, 3.05) is 0 Å². The van der Waals surface area contributed by atoms with Crippen LogP contribution in [0.15, 0.2) is 34.9 Å². The zero-order valence-corrected chi connectivity index (χ0v) is 8.01. The van der Waals surface area contributed by atoms with Crippen LogP contribution < -0.4 is 5.73 Å². The fourth-order valence-corrected chi connectivity index (χ4v) is 1.47. The zero-order valence-electron chi connectivity index (χ0n) is 8.01. The molecule has 1 atom stereocenters. The minimum Gasteiger partial charge on any atom is -0.480 e. The molecule has 0 bridgehead atoms. The van der Waals surface area contributed by atoms with E-state index in [1.807, 2.05) is 24.3 Å². The Labute approximate surface area is 86.3 Å². The summed E-state index contributed by atoms with van der Waals surface area (Å²) in [7, 11) is 0. The molecule has 2 aromatic rings. The number of aliphatic carboxylic acids is 1. The molecule has 0 aliphatic carbocycles. The Bertz CT molecular complexity index is 489. The quantitative estimate of drug-likeness (QED) is 0.793. The van der Waals surface area contributed by atoms with E-state index in [4.69, 9.17) is 15.3 Å². The fourth-order valence-electron chi connectivity index (χ4n) is 1.47. The molecular formula is C11H11NO3. The molecule has 0 spiro atoms. The van der Waals surface area contributed by atoms with Crippen molar-refractivity contribution in [1.82, 2.24) is 0 Å². The molecule has 4 heteroatoms. The first-order valence-electron chi connectivity index (χ1n) is 4.61. The molecule has 0 aliphatic heterocycles. The van der Waals surface area contributed by atoms with Crippen LogP contribution in [0.3, 0.4) is 0 Å².